The first-order valence-electron chi connectivity index (χ1n) is 13.3. The Hall–Kier alpha value is -4.86. The standard InChI is InChI=1S/C30H31N7O3/c1-39-24-12-7-20(8-13-24)19-37-28-25(5-3-15-31-28)35-30(37)34-22-10-9-21(17-22)33-27-14-11-23(18-32-27)36-16-4-6-26(40-2)29(36)38/h3-8,11-16,18,21-22H,9-10,17,19H2,1-2H3,(H,32,33)(H,34,35)/t21-,22-/m0/s1. The molecular formula is C30H31N7O3. The van der Waals surface area contributed by atoms with Gasteiger partial charge >= 0.3 is 0 Å². The predicted octanol–water partition coefficient (Wildman–Crippen LogP) is 4.49. The lowest BCUT2D eigenvalue weighted by atomic mass is 10.2. The van der Waals surface area contributed by atoms with E-state index in [1.54, 1.807) is 37.8 Å². The van der Waals surface area contributed by atoms with Gasteiger partial charge in [0.1, 0.15) is 17.1 Å². The van der Waals surface area contributed by atoms with Gasteiger partial charge in [0, 0.05) is 24.5 Å². The third-order valence-electron chi connectivity index (χ3n) is 7.28. The number of rotatable bonds is 9. The van der Waals surface area contributed by atoms with Gasteiger partial charge in [-0.2, -0.15) is 0 Å². The molecule has 10 heteroatoms. The van der Waals surface area contributed by atoms with Gasteiger partial charge in [-0.25, -0.2) is 15.0 Å². The summed E-state index contributed by atoms with van der Waals surface area (Å²) in [5.74, 6) is 2.73. The molecule has 204 valence electrons. The van der Waals surface area contributed by atoms with Crippen LogP contribution in [0, 0.1) is 0 Å². The number of nitrogens with one attached hydrogen (secondary N) is 2. The lowest BCUT2D eigenvalue weighted by Gasteiger charge is -2.17. The molecule has 40 heavy (non-hydrogen) atoms. The third-order valence-corrected chi connectivity index (χ3v) is 7.28. The van der Waals surface area contributed by atoms with Crippen molar-refractivity contribution in [3.05, 3.63) is 95.2 Å². The van der Waals surface area contributed by atoms with Crippen LogP contribution in [-0.2, 0) is 6.54 Å². The molecule has 0 saturated heterocycles. The molecule has 0 bridgehead atoms. The predicted molar refractivity (Wildman–Crippen MR) is 155 cm³/mol. The quantitative estimate of drug-likeness (QED) is 0.283. The fourth-order valence-electron chi connectivity index (χ4n) is 5.21. The van der Waals surface area contributed by atoms with E-state index < -0.39 is 0 Å². The van der Waals surface area contributed by atoms with Crippen molar-refractivity contribution in [1.82, 2.24) is 24.1 Å². The van der Waals surface area contributed by atoms with E-state index >= 15 is 0 Å². The molecule has 4 aromatic heterocycles. The second-order valence-corrected chi connectivity index (χ2v) is 9.86. The Kier molecular flexibility index (Phi) is 7.05. The van der Waals surface area contributed by atoms with Crippen molar-refractivity contribution in [3.63, 3.8) is 0 Å². The molecule has 1 saturated carbocycles. The molecular weight excluding hydrogens is 506 g/mol. The molecule has 1 aromatic carbocycles. The minimum Gasteiger partial charge on any atom is -0.497 e. The van der Waals surface area contributed by atoms with Crippen LogP contribution in [0.3, 0.4) is 0 Å². The number of ether oxygens (including phenoxy) is 2. The van der Waals surface area contributed by atoms with E-state index in [1.165, 1.54) is 11.7 Å². The Bertz CT molecular complexity index is 1660. The summed E-state index contributed by atoms with van der Waals surface area (Å²) < 4.78 is 14.1. The van der Waals surface area contributed by atoms with E-state index in [4.69, 9.17) is 14.5 Å². The van der Waals surface area contributed by atoms with Crippen molar-refractivity contribution >= 4 is 22.9 Å². The number of fused-ring (bicyclic) bond motifs is 1. The van der Waals surface area contributed by atoms with Gasteiger partial charge in [0.25, 0.3) is 5.56 Å². The van der Waals surface area contributed by atoms with Crippen LogP contribution < -0.4 is 25.7 Å². The number of hydrogen-bond donors (Lipinski definition) is 2. The Morgan fingerprint density at radius 2 is 1.75 bits per heavy atom. The summed E-state index contributed by atoms with van der Waals surface area (Å²) in [4.78, 5) is 26.6. The first-order chi connectivity index (χ1) is 19.6. The topological polar surface area (TPSA) is 108 Å². The van der Waals surface area contributed by atoms with Gasteiger partial charge in [-0.05, 0) is 73.4 Å². The Balaban J connectivity index is 1.13. The summed E-state index contributed by atoms with van der Waals surface area (Å²) in [6.45, 7) is 0.654. The number of pyridine rings is 3. The highest BCUT2D eigenvalue weighted by Crippen LogP contribution is 2.28. The third kappa shape index (κ3) is 5.20. The highest BCUT2D eigenvalue weighted by molar-refractivity contribution is 5.74. The lowest BCUT2D eigenvalue weighted by Crippen LogP contribution is -2.23. The lowest BCUT2D eigenvalue weighted by molar-refractivity contribution is 0.406. The zero-order valence-electron chi connectivity index (χ0n) is 22.4. The van der Waals surface area contributed by atoms with E-state index in [0.717, 1.165) is 53.5 Å². The zero-order chi connectivity index (χ0) is 27.5. The summed E-state index contributed by atoms with van der Waals surface area (Å²) in [5.41, 5.74) is 3.33. The maximum Gasteiger partial charge on any atom is 0.297 e. The van der Waals surface area contributed by atoms with E-state index in [1.807, 2.05) is 36.4 Å². The molecule has 4 heterocycles. The largest absolute Gasteiger partial charge is 0.497 e. The summed E-state index contributed by atoms with van der Waals surface area (Å²) >= 11 is 0. The van der Waals surface area contributed by atoms with Crippen LogP contribution in [0.25, 0.3) is 16.9 Å². The Morgan fingerprint density at radius 1 is 0.925 bits per heavy atom. The van der Waals surface area contributed by atoms with Crippen LogP contribution in [0.15, 0.2) is 84.0 Å². The van der Waals surface area contributed by atoms with Crippen molar-refractivity contribution in [1.29, 1.82) is 0 Å². The number of hydrogen-bond acceptors (Lipinski definition) is 8. The molecule has 1 aliphatic rings. The molecule has 0 unspecified atom stereocenters. The maximum atomic E-state index is 12.5. The summed E-state index contributed by atoms with van der Waals surface area (Å²) in [6.07, 6.45) is 8.15. The smallest absolute Gasteiger partial charge is 0.297 e. The van der Waals surface area contributed by atoms with E-state index in [2.05, 4.69) is 37.3 Å². The van der Waals surface area contributed by atoms with E-state index in [-0.39, 0.29) is 17.6 Å². The number of benzene rings is 1. The van der Waals surface area contributed by atoms with Crippen LogP contribution >= 0.6 is 0 Å². The number of nitrogens with zero attached hydrogens (tertiary/aromatic N) is 5. The first kappa shape index (κ1) is 25.4. The van der Waals surface area contributed by atoms with Gasteiger partial charge in [0.2, 0.25) is 5.95 Å². The Labute approximate surface area is 231 Å². The minimum absolute atomic E-state index is 0.217. The molecule has 10 nitrogen and oxygen atoms in total. The van der Waals surface area contributed by atoms with Gasteiger partial charge in [-0.1, -0.05) is 12.1 Å². The SMILES string of the molecule is COc1ccc(Cn2c(N[C@H]3CC[C@H](Nc4ccc(-n5cccc(OC)c5=O)cn4)C3)nc3cccnc32)cc1. The summed E-state index contributed by atoms with van der Waals surface area (Å²) in [5, 5.41) is 7.23. The van der Waals surface area contributed by atoms with Crippen molar-refractivity contribution in [3.8, 4) is 17.2 Å². The van der Waals surface area contributed by atoms with Crippen LogP contribution in [0.1, 0.15) is 24.8 Å². The van der Waals surface area contributed by atoms with Gasteiger partial charge in [0.15, 0.2) is 11.4 Å². The van der Waals surface area contributed by atoms with Crippen LogP contribution in [0.2, 0.25) is 0 Å². The number of imidazole rings is 1. The summed E-state index contributed by atoms with van der Waals surface area (Å²) in [6, 6.07) is 19.7. The monoisotopic (exact) mass is 537 g/mol. The molecule has 6 rings (SSSR count). The van der Waals surface area contributed by atoms with Crippen LogP contribution in [0.4, 0.5) is 11.8 Å². The highest BCUT2D eigenvalue weighted by Gasteiger charge is 2.26. The first-order valence-corrected chi connectivity index (χ1v) is 13.3. The normalized spacial score (nSPS) is 16.6. The molecule has 1 aliphatic carbocycles. The molecule has 0 amide bonds. The molecule has 0 aliphatic heterocycles. The number of anilines is 2. The van der Waals surface area contributed by atoms with Gasteiger partial charge < -0.3 is 20.1 Å². The highest BCUT2D eigenvalue weighted by atomic mass is 16.5. The van der Waals surface area contributed by atoms with Crippen LogP contribution in [-0.4, -0.2) is 50.4 Å². The maximum absolute atomic E-state index is 12.5. The van der Waals surface area contributed by atoms with Crippen molar-refractivity contribution in [2.45, 2.75) is 37.9 Å². The van der Waals surface area contributed by atoms with Crippen molar-refractivity contribution in [2.75, 3.05) is 24.9 Å². The van der Waals surface area contributed by atoms with Gasteiger partial charge in [0.05, 0.1) is 32.6 Å². The molecule has 2 atom stereocenters. The second-order valence-electron chi connectivity index (χ2n) is 9.86. The second kappa shape index (κ2) is 11.1. The van der Waals surface area contributed by atoms with E-state index in [9.17, 15) is 4.79 Å². The average molecular weight is 538 g/mol. The van der Waals surface area contributed by atoms with Crippen molar-refractivity contribution < 1.29 is 9.47 Å². The van der Waals surface area contributed by atoms with Gasteiger partial charge in [-0.3, -0.25) is 13.9 Å². The van der Waals surface area contributed by atoms with Crippen LogP contribution in [0.5, 0.6) is 11.5 Å². The molecule has 2 N–H and O–H groups in total. The minimum atomic E-state index is -0.217. The Morgan fingerprint density at radius 3 is 2.50 bits per heavy atom. The zero-order valence-corrected chi connectivity index (χ0v) is 22.4. The molecule has 1 fully saturated rings. The molecule has 5 aromatic rings. The average Bonchev–Trinajstić information content (AvgIpc) is 3.58. The number of aromatic nitrogens is 5. The molecule has 0 radical (unpaired) electrons. The fourth-order valence-corrected chi connectivity index (χ4v) is 5.21. The van der Waals surface area contributed by atoms with Gasteiger partial charge in [-0.15, -0.1) is 0 Å². The fraction of sp³-hybridized carbons (Fsp3) is 0.267. The van der Waals surface area contributed by atoms with Crippen molar-refractivity contribution in [2.24, 2.45) is 0 Å². The van der Waals surface area contributed by atoms with E-state index in [0.29, 0.717) is 18.0 Å². The number of methoxy groups -OCH3 is 2. The molecule has 0 spiro atoms. The summed E-state index contributed by atoms with van der Waals surface area (Å²) in [7, 11) is 3.16.